The topological polar surface area (TPSA) is 84.3 Å². The van der Waals surface area contributed by atoms with E-state index < -0.39 is 23.1 Å². The second-order valence-electron chi connectivity index (χ2n) is 6.04. The van der Waals surface area contributed by atoms with Crippen molar-refractivity contribution in [2.45, 2.75) is 12.8 Å². The largest absolute Gasteiger partial charge is 0.331 e. The third-order valence-electron chi connectivity index (χ3n) is 4.03. The Morgan fingerprint density at radius 1 is 1.15 bits per heavy atom. The van der Waals surface area contributed by atoms with Gasteiger partial charge in [-0.25, -0.2) is 14.4 Å². The number of nitrogens with one attached hydrogen (secondary N) is 2. The first-order chi connectivity index (χ1) is 12.8. The molecule has 1 aromatic carbocycles. The van der Waals surface area contributed by atoms with Crippen LogP contribution in [-0.2, 0) is 13.0 Å². The van der Waals surface area contributed by atoms with Crippen molar-refractivity contribution >= 4 is 22.7 Å². The Hall–Kier alpha value is -3.43. The molecule has 138 valence electrons. The fourth-order valence-electron chi connectivity index (χ4n) is 2.65. The minimum atomic E-state index is -3.52. The number of halogens is 3. The molecule has 0 saturated heterocycles. The van der Waals surface area contributed by atoms with E-state index in [4.69, 9.17) is 0 Å². The number of anilines is 2. The van der Waals surface area contributed by atoms with Crippen molar-refractivity contribution in [1.29, 1.82) is 0 Å². The molecule has 0 unspecified atom stereocenters. The summed E-state index contributed by atoms with van der Waals surface area (Å²) in [6.45, 7) is 1.81. The van der Waals surface area contributed by atoms with E-state index in [1.165, 1.54) is 10.9 Å². The Kier molecular flexibility index (Phi) is 3.83. The molecule has 27 heavy (non-hydrogen) atoms. The summed E-state index contributed by atoms with van der Waals surface area (Å²) >= 11 is 0. The minimum absolute atomic E-state index is 0.149. The Balaban J connectivity index is 1.85. The Morgan fingerprint density at radius 2 is 1.89 bits per heavy atom. The van der Waals surface area contributed by atoms with E-state index in [0.717, 1.165) is 30.0 Å². The van der Waals surface area contributed by atoms with Gasteiger partial charge in [0.05, 0.1) is 11.6 Å². The monoisotopic (exact) mass is 373 g/mol. The van der Waals surface area contributed by atoms with Crippen LogP contribution in [0.2, 0.25) is 0 Å². The number of hydrogen-bond donors (Lipinski definition) is 2. The van der Waals surface area contributed by atoms with Crippen molar-refractivity contribution in [1.82, 2.24) is 29.9 Å². The molecule has 0 radical (unpaired) electrons. The van der Waals surface area contributed by atoms with Gasteiger partial charge in [0.2, 0.25) is 5.82 Å². The fourth-order valence-corrected chi connectivity index (χ4v) is 2.65. The van der Waals surface area contributed by atoms with Gasteiger partial charge in [-0.3, -0.25) is 9.78 Å². The highest BCUT2D eigenvalue weighted by atomic mass is 19.3. The molecule has 3 aromatic heterocycles. The van der Waals surface area contributed by atoms with Crippen LogP contribution in [0.3, 0.4) is 0 Å². The first-order valence-electron chi connectivity index (χ1n) is 7.97. The van der Waals surface area contributed by atoms with Gasteiger partial charge in [-0.1, -0.05) is 0 Å². The minimum Gasteiger partial charge on any atom is -0.323 e. The third kappa shape index (κ3) is 2.98. The normalized spacial score (nSPS) is 11.9. The smallest absolute Gasteiger partial charge is 0.323 e. The van der Waals surface area contributed by atoms with Gasteiger partial charge in [-0.2, -0.15) is 19.0 Å². The van der Waals surface area contributed by atoms with E-state index in [-0.39, 0.29) is 11.5 Å². The first-order valence-corrected chi connectivity index (χ1v) is 7.97. The summed E-state index contributed by atoms with van der Waals surface area (Å²) in [5, 5.41) is 14.2. The van der Waals surface area contributed by atoms with Gasteiger partial charge in [0.15, 0.2) is 11.5 Å². The lowest BCUT2D eigenvalue weighted by atomic mass is 10.1. The number of benzene rings is 1. The van der Waals surface area contributed by atoms with Crippen molar-refractivity contribution in [3.63, 3.8) is 0 Å². The highest BCUT2D eigenvalue weighted by Crippen LogP contribution is 2.36. The van der Waals surface area contributed by atoms with Crippen LogP contribution in [0.25, 0.3) is 11.0 Å². The number of nitrogens with zero attached hydrogens (tertiary/aromatic N) is 5. The molecule has 0 spiro atoms. The molecule has 0 aliphatic rings. The van der Waals surface area contributed by atoms with Gasteiger partial charge < -0.3 is 5.32 Å². The number of aromatic amines is 1. The average Bonchev–Trinajstić information content (AvgIpc) is 3.21. The van der Waals surface area contributed by atoms with Crippen LogP contribution in [0.15, 0.2) is 36.5 Å². The zero-order valence-corrected chi connectivity index (χ0v) is 14.3. The third-order valence-corrected chi connectivity index (χ3v) is 4.03. The van der Waals surface area contributed by atoms with E-state index in [9.17, 15) is 13.2 Å². The Labute approximate surface area is 151 Å². The maximum absolute atomic E-state index is 15.0. The molecule has 0 aliphatic heterocycles. The predicted molar refractivity (Wildman–Crippen MR) is 92.3 cm³/mol. The second kappa shape index (κ2) is 6.08. The summed E-state index contributed by atoms with van der Waals surface area (Å²) < 4.78 is 44.4. The number of rotatable bonds is 4. The molecule has 7 nitrogen and oxygen atoms in total. The van der Waals surface area contributed by atoms with Gasteiger partial charge in [-0.15, -0.1) is 0 Å². The van der Waals surface area contributed by atoms with Crippen LogP contribution in [0.1, 0.15) is 17.1 Å². The molecular weight excluding hydrogens is 359 g/mol. The lowest BCUT2D eigenvalue weighted by molar-refractivity contribution is 0.0332. The molecule has 4 rings (SSSR count). The number of aryl methyl sites for hydroxylation is 2. The molecule has 0 aliphatic carbocycles. The standard InChI is InChI=1S/C17H14F3N7/c1-9-7-13(26-25-9)22-14-12-8-21-27(2)15(12)24-16(23-14)17(19,20)10-3-5-11(18)6-4-10/h3-8H,1-2H3,(H2,22,23,24,25,26). The molecule has 0 fully saturated rings. The highest BCUT2D eigenvalue weighted by Gasteiger charge is 2.38. The molecule has 0 bridgehead atoms. The number of hydrogen-bond acceptors (Lipinski definition) is 5. The quantitative estimate of drug-likeness (QED) is 0.573. The van der Waals surface area contributed by atoms with Gasteiger partial charge in [-0.05, 0) is 31.2 Å². The van der Waals surface area contributed by atoms with Crippen LogP contribution >= 0.6 is 0 Å². The number of aromatic nitrogens is 6. The summed E-state index contributed by atoms with van der Waals surface area (Å²) in [7, 11) is 1.59. The maximum Gasteiger partial charge on any atom is 0.331 e. The molecule has 10 heteroatoms. The van der Waals surface area contributed by atoms with Crippen LogP contribution in [0, 0.1) is 12.7 Å². The number of H-pyrrole nitrogens is 1. The number of fused-ring (bicyclic) bond motifs is 1. The summed E-state index contributed by atoms with van der Waals surface area (Å²) in [6, 6.07) is 5.67. The average molecular weight is 373 g/mol. The van der Waals surface area contributed by atoms with E-state index in [0.29, 0.717) is 11.2 Å². The van der Waals surface area contributed by atoms with Gasteiger partial charge in [0.25, 0.3) is 0 Å². The zero-order valence-electron chi connectivity index (χ0n) is 14.3. The van der Waals surface area contributed by atoms with Crippen molar-refractivity contribution < 1.29 is 13.2 Å². The summed E-state index contributed by atoms with van der Waals surface area (Å²) in [5.41, 5.74) is 0.620. The zero-order chi connectivity index (χ0) is 19.2. The van der Waals surface area contributed by atoms with E-state index in [1.54, 1.807) is 13.1 Å². The predicted octanol–water partition coefficient (Wildman–Crippen LogP) is 3.42. The molecule has 0 amide bonds. The van der Waals surface area contributed by atoms with Gasteiger partial charge >= 0.3 is 5.92 Å². The van der Waals surface area contributed by atoms with Crippen LogP contribution in [0.5, 0.6) is 0 Å². The highest BCUT2D eigenvalue weighted by molar-refractivity contribution is 5.88. The molecule has 0 saturated carbocycles. The molecular formula is C17H14F3N7. The summed E-state index contributed by atoms with van der Waals surface area (Å²) in [5.74, 6) is -4.28. The Morgan fingerprint density at radius 3 is 2.56 bits per heavy atom. The molecule has 2 N–H and O–H groups in total. The van der Waals surface area contributed by atoms with E-state index in [1.807, 2.05) is 6.92 Å². The SMILES string of the molecule is Cc1cc(Nc2nc(C(F)(F)c3ccc(F)cc3)nc3c2cnn3C)n[nH]1. The van der Waals surface area contributed by atoms with E-state index in [2.05, 4.69) is 30.6 Å². The van der Waals surface area contributed by atoms with Crippen LogP contribution in [-0.4, -0.2) is 29.9 Å². The summed E-state index contributed by atoms with van der Waals surface area (Å²) in [4.78, 5) is 8.01. The van der Waals surface area contributed by atoms with Gasteiger partial charge in [0.1, 0.15) is 11.6 Å². The number of alkyl halides is 2. The maximum atomic E-state index is 15.0. The van der Waals surface area contributed by atoms with Crippen molar-refractivity contribution in [2.75, 3.05) is 5.32 Å². The second-order valence-corrected chi connectivity index (χ2v) is 6.04. The van der Waals surface area contributed by atoms with Crippen LogP contribution in [0.4, 0.5) is 24.8 Å². The molecule has 0 atom stereocenters. The van der Waals surface area contributed by atoms with Crippen molar-refractivity contribution in [2.24, 2.45) is 7.05 Å². The van der Waals surface area contributed by atoms with Crippen molar-refractivity contribution in [3.05, 3.63) is 59.4 Å². The molecule has 4 aromatic rings. The summed E-state index contributed by atoms with van der Waals surface area (Å²) in [6.07, 6.45) is 1.48. The molecule has 3 heterocycles. The van der Waals surface area contributed by atoms with Crippen LogP contribution < -0.4 is 5.32 Å². The fraction of sp³-hybridized carbons (Fsp3) is 0.176. The lowest BCUT2D eigenvalue weighted by Crippen LogP contribution is -2.20. The van der Waals surface area contributed by atoms with E-state index >= 15 is 0 Å². The first kappa shape index (κ1) is 17.0. The van der Waals surface area contributed by atoms with Crippen molar-refractivity contribution in [3.8, 4) is 0 Å². The Bertz CT molecular complexity index is 1120. The lowest BCUT2D eigenvalue weighted by Gasteiger charge is -2.16. The van der Waals surface area contributed by atoms with Gasteiger partial charge in [0, 0.05) is 24.4 Å².